The maximum Gasteiger partial charge on any atom is 0.373 e. The molecule has 4 aliphatic rings. The van der Waals surface area contributed by atoms with Gasteiger partial charge < -0.3 is 60.5 Å². The molecule has 1 aromatic heterocycles. The van der Waals surface area contributed by atoms with E-state index in [1.165, 1.54) is 12.0 Å². The summed E-state index contributed by atoms with van der Waals surface area (Å²) in [6.45, 7) is 16.8. The lowest BCUT2D eigenvalue weighted by Gasteiger charge is -2.42. The molecule has 0 radical (unpaired) electrons. The van der Waals surface area contributed by atoms with Crippen LogP contribution in [0, 0.1) is 49.4 Å². The molecule has 1 saturated carbocycles. The van der Waals surface area contributed by atoms with Crippen LogP contribution in [0.2, 0.25) is 0 Å². The molecule has 2 bridgehead atoms. The summed E-state index contributed by atoms with van der Waals surface area (Å²) >= 11 is 1.57. The number of halogens is 1. The number of aliphatic hydroxyl groups excluding tert-OH is 1. The van der Waals surface area contributed by atoms with Crippen molar-refractivity contribution in [3.8, 4) is 0 Å². The van der Waals surface area contributed by atoms with Crippen LogP contribution in [0.5, 0.6) is 0 Å². The number of aliphatic hydroxyl groups is 2. The SMILES string of the molecule is CO[C@@H]1C[C@@H]2CC[C@@H](C)[C@@](O)(O2)C(=O)C(=O)N2CCCC[C@H]2C(=O)O[C@H]([C@H](C)C[C@@H]2CC[C@@H](OC(=O)C[n+]3csc(C)c3C)[C@H](OC)C2)CC(=O)[C@H](C)/C=C(\C)[C@@H](O)[C@@H](OC)C(=O)[C@H](C)C[C@H](C)/C=C/C=C/C=C/1C.[Br-]. The van der Waals surface area contributed by atoms with Crippen LogP contribution < -0.4 is 21.5 Å². The summed E-state index contributed by atoms with van der Waals surface area (Å²) < 4.78 is 37.8. The highest BCUT2D eigenvalue weighted by atomic mass is 79.9. The van der Waals surface area contributed by atoms with Gasteiger partial charge in [-0.05, 0) is 114 Å². The summed E-state index contributed by atoms with van der Waals surface area (Å²) in [6.07, 6.45) is 10.9. The van der Waals surface area contributed by atoms with E-state index < -0.39 is 95.9 Å². The van der Waals surface area contributed by atoms with Crippen LogP contribution in [0.15, 0.2) is 53.1 Å². The summed E-state index contributed by atoms with van der Waals surface area (Å²) in [6, 6.07) is -1.17. The molecule has 3 aliphatic heterocycles. The van der Waals surface area contributed by atoms with Gasteiger partial charge in [0.1, 0.15) is 36.2 Å². The Morgan fingerprint density at radius 2 is 1.61 bits per heavy atom. The zero-order chi connectivity index (χ0) is 55.3. The summed E-state index contributed by atoms with van der Waals surface area (Å²) in [4.78, 5) is 86.9. The Bertz CT molecular complexity index is 2280. The standard InChI is InChI=1S/C58H87N2O14S.BrH/c1-34-18-14-13-15-19-35(2)48(69-10)30-44-23-21-40(7)58(68,74-44)55(65)56(66)60-25-17-16-20-45(60)57(67)73-49(31-46(61)36(3)27-39(6)53(64)54(71-12)52(63)38(5)26-34)37(4)28-43-22-24-47(50(29-43)70-11)72-51(62)32-59-33-75-42(9)41(59)8;/h13-15,18-19,27,33-34,36-38,40,43-45,47-50,53-54,64,68H,16-17,20-26,28-32H2,1-12H3;1H/q+1;/p-1/b15-13+,18-14+,35-19+,39-27+;/t34-,36-,37-,38-,40-,43+,44+,45+,47-,48-,49+,50-,53-,54+,58-;/m1./s1. The number of Topliss-reactive ketones (excluding diaryl/α,β-unsaturated/α-hetero) is 3. The predicted octanol–water partition coefficient (Wildman–Crippen LogP) is 4.40. The van der Waals surface area contributed by atoms with Gasteiger partial charge in [-0.1, -0.05) is 82.4 Å². The fourth-order valence-corrected chi connectivity index (χ4v) is 12.1. The molecule has 16 nitrogen and oxygen atoms in total. The van der Waals surface area contributed by atoms with Gasteiger partial charge in [-0.25, -0.2) is 9.59 Å². The lowest BCUT2D eigenvalue weighted by atomic mass is 9.78. The summed E-state index contributed by atoms with van der Waals surface area (Å²) in [5.74, 6) is -8.61. The van der Waals surface area contributed by atoms with Crippen LogP contribution in [0.25, 0.3) is 0 Å². The highest BCUT2D eigenvalue weighted by Crippen LogP contribution is 2.38. The van der Waals surface area contributed by atoms with Crippen molar-refractivity contribution in [2.24, 2.45) is 35.5 Å². The topological polar surface area (TPSA) is 205 Å². The normalized spacial score (nSPS) is 36.1. The van der Waals surface area contributed by atoms with Crippen molar-refractivity contribution in [3.63, 3.8) is 0 Å². The molecule has 2 saturated heterocycles. The minimum Gasteiger partial charge on any atom is -1.00 e. The minimum atomic E-state index is -2.45. The zero-order valence-electron chi connectivity index (χ0n) is 47.0. The molecule has 1 aliphatic carbocycles. The molecule has 1 aromatic rings. The number of aromatic nitrogens is 1. The first-order valence-corrected chi connectivity index (χ1v) is 28.0. The molecule has 0 unspecified atom stereocenters. The molecule has 3 fully saturated rings. The number of ether oxygens (including phenoxy) is 6. The molecular weight excluding hydrogens is 1060 g/mol. The largest absolute Gasteiger partial charge is 1.00 e. The predicted molar refractivity (Wildman–Crippen MR) is 283 cm³/mol. The van der Waals surface area contributed by atoms with Gasteiger partial charge >= 0.3 is 11.9 Å². The van der Waals surface area contributed by atoms with E-state index in [1.54, 1.807) is 52.4 Å². The molecule has 0 aromatic carbocycles. The third-order valence-electron chi connectivity index (χ3n) is 16.3. The number of esters is 2. The first-order valence-electron chi connectivity index (χ1n) is 27.2. The number of carbonyl (C=O) groups is 6. The third-order valence-corrected chi connectivity index (χ3v) is 17.3. The Morgan fingerprint density at radius 1 is 0.882 bits per heavy atom. The highest BCUT2D eigenvalue weighted by molar-refractivity contribution is 7.09. The van der Waals surface area contributed by atoms with E-state index >= 15 is 0 Å². The molecule has 1 amide bonds. The maximum absolute atomic E-state index is 14.6. The Morgan fingerprint density at radius 3 is 2.26 bits per heavy atom. The number of aryl methyl sites for hydroxylation is 1. The van der Waals surface area contributed by atoms with Crippen molar-refractivity contribution >= 4 is 46.5 Å². The number of thiazole rings is 1. The van der Waals surface area contributed by atoms with E-state index in [0.29, 0.717) is 69.8 Å². The second kappa shape index (κ2) is 30.0. The number of hydrogen-bond acceptors (Lipinski definition) is 15. The molecule has 4 heterocycles. The van der Waals surface area contributed by atoms with Crippen LogP contribution >= 0.6 is 11.3 Å². The smallest absolute Gasteiger partial charge is 0.373 e. The number of allylic oxidation sites excluding steroid dienone is 6. The van der Waals surface area contributed by atoms with Crippen LogP contribution in [-0.2, 0) is 63.7 Å². The van der Waals surface area contributed by atoms with E-state index in [0.717, 1.165) is 16.1 Å². The summed E-state index contributed by atoms with van der Waals surface area (Å²) in [5, 5.41) is 23.6. The average molecular weight is 1150 g/mol. The molecule has 76 heavy (non-hydrogen) atoms. The van der Waals surface area contributed by atoms with E-state index in [4.69, 9.17) is 28.4 Å². The molecule has 5 rings (SSSR count). The number of nitrogens with zero attached hydrogens (tertiary/aromatic N) is 2. The lowest BCUT2D eigenvalue weighted by Crippen LogP contribution is -3.00. The Labute approximate surface area is 465 Å². The van der Waals surface area contributed by atoms with Gasteiger partial charge in [-0.15, -0.1) is 0 Å². The number of ketones is 3. The Hall–Kier alpha value is -3.75. The van der Waals surface area contributed by atoms with E-state index in [-0.39, 0.29) is 72.3 Å². The summed E-state index contributed by atoms with van der Waals surface area (Å²) in [7, 11) is 4.54. The second-order valence-corrected chi connectivity index (χ2v) is 23.1. The first kappa shape index (κ1) is 64.8. The molecular formula is C58H87BrN2O14S. The van der Waals surface area contributed by atoms with Gasteiger partial charge in [0.25, 0.3) is 11.7 Å². The van der Waals surface area contributed by atoms with Crippen LogP contribution in [0.1, 0.15) is 136 Å². The number of methoxy groups -OCH3 is 3. The van der Waals surface area contributed by atoms with E-state index in [2.05, 4.69) is 0 Å². The van der Waals surface area contributed by atoms with Gasteiger partial charge in [0.2, 0.25) is 17.8 Å². The van der Waals surface area contributed by atoms with Crippen LogP contribution in [-0.4, -0.2) is 133 Å². The number of fused-ring (bicyclic) bond motifs is 3. The van der Waals surface area contributed by atoms with Gasteiger partial charge in [0, 0.05) is 65.4 Å². The van der Waals surface area contributed by atoms with Gasteiger partial charge in [0.05, 0.1) is 23.2 Å². The Kier molecular flexibility index (Phi) is 25.6. The van der Waals surface area contributed by atoms with Crippen molar-refractivity contribution in [2.45, 2.75) is 200 Å². The zero-order valence-corrected chi connectivity index (χ0v) is 49.4. The second-order valence-electron chi connectivity index (χ2n) is 22.0. The third kappa shape index (κ3) is 16.9. The molecule has 0 spiro atoms. The van der Waals surface area contributed by atoms with E-state index in [1.807, 2.05) is 82.0 Å². The van der Waals surface area contributed by atoms with Crippen molar-refractivity contribution < 1.29 is 89.0 Å². The number of rotatable bonds is 9. The van der Waals surface area contributed by atoms with Gasteiger partial charge in [0.15, 0.2) is 11.5 Å². The van der Waals surface area contributed by atoms with Gasteiger partial charge in [-0.3, -0.25) is 19.2 Å². The van der Waals surface area contributed by atoms with Gasteiger partial charge in [-0.2, -0.15) is 4.57 Å². The van der Waals surface area contributed by atoms with Crippen LogP contribution in [0.3, 0.4) is 0 Å². The fraction of sp³-hybridized carbons (Fsp3) is 0.707. The van der Waals surface area contributed by atoms with Crippen molar-refractivity contribution in [1.82, 2.24) is 4.90 Å². The fourth-order valence-electron chi connectivity index (χ4n) is 11.2. The van der Waals surface area contributed by atoms with Crippen molar-refractivity contribution in [3.05, 3.63) is 63.7 Å². The van der Waals surface area contributed by atoms with Crippen molar-refractivity contribution in [2.75, 3.05) is 27.9 Å². The number of cyclic esters (lactones) is 1. The van der Waals surface area contributed by atoms with Crippen LogP contribution in [0.4, 0.5) is 0 Å². The maximum atomic E-state index is 14.6. The number of carbonyl (C=O) groups excluding carboxylic acids is 6. The van der Waals surface area contributed by atoms with Crippen molar-refractivity contribution in [1.29, 1.82) is 0 Å². The molecule has 15 atom stereocenters. The average Bonchev–Trinajstić information content (AvgIpc) is 3.69. The minimum absolute atomic E-state index is 0. The highest BCUT2D eigenvalue weighted by Gasteiger charge is 2.53. The first-order chi connectivity index (χ1) is 35.5. The number of hydrogen-bond donors (Lipinski definition) is 2. The number of piperidine rings is 1. The Balaban J connectivity index is 0.0000125. The van der Waals surface area contributed by atoms with E-state index in [9.17, 15) is 39.0 Å². The lowest BCUT2D eigenvalue weighted by molar-refractivity contribution is -0.687. The molecule has 426 valence electrons. The number of amides is 1. The quantitative estimate of drug-likeness (QED) is 0.152. The monoisotopic (exact) mass is 1150 g/mol. The molecule has 2 N–H and O–H groups in total. The molecule has 18 heteroatoms. The summed E-state index contributed by atoms with van der Waals surface area (Å²) in [5.41, 5.74) is 4.16.